The molecule has 0 N–H and O–H groups in total. The van der Waals surface area contributed by atoms with E-state index < -0.39 is 40.0 Å². The van der Waals surface area contributed by atoms with Crippen molar-refractivity contribution in [2.45, 2.75) is 38.0 Å². The molecular weight excluding hydrogens is 440 g/mol. The number of aryl methyl sites for hydroxylation is 1. The summed E-state index contributed by atoms with van der Waals surface area (Å²) in [7, 11) is -3.85. The Labute approximate surface area is 194 Å². The minimum atomic E-state index is -3.85. The lowest BCUT2D eigenvalue weighted by Crippen LogP contribution is -2.44. The van der Waals surface area contributed by atoms with Crippen LogP contribution in [-0.4, -0.2) is 54.0 Å². The molecular formula is C25H28N2O5S. The summed E-state index contributed by atoms with van der Waals surface area (Å²) in [5, 5.41) is 0. The van der Waals surface area contributed by atoms with Crippen LogP contribution < -0.4 is 0 Å². The van der Waals surface area contributed by atoms with Gasteiger partial charge in [-0.2, -0.15) is 0 Å². The molecule has 0 aromatic heterocycles. The molecule has 0 radical (unpaired) electrons. The summed E-state index contributed by atoms with van der Waals surface area (Å²) in [5.41, 5.74) is 1.75. The number of amides is 2. The van der Waals surface area contributed by atoms with Crippen LogP contribution in [0.4, 0.5) is 4.79 Å². The van der Waals surface area contributed by atoms with Gasteiger partial charge in [-0.25, -0.2) is 17.5 Å². The smallest absolute Gasteiger partial charge is 0.410 e. The maximum absolute atomic E-state index is 13.2. The summed E-state index contributed by atoms with van der Waals surface area (Å²) in [6.07, 6.45) is 2.09. The Morgan fingerprint density at radius 1 is 1.06 bits per heavy atom. The number of allylic oxidation sites excluding steroid dienone is 1. The van der Waals surface area contributed by atoms with Gasteiger partial charge in [0.2, 0.25) is 15.9 Å². The van der Waals surface area contributed by atoms with Crippen LogP contribution in [0.3, 0.4) is 0 Å². The number of ether oxygens (including phenoxy) is 1. The third-order valence-electron chi connectivity index (χ3n) is 6.32. The van der Waals surface area contributed by atoms with Crippen molar-refractivity contribution < 1.29 is 22.7 Å². The quantitative estimate of drug-likeness (QED) is 0.555. The number of fused-ring (bicyclic) bond motifs is 1. The van der Waals surface area contributed by atoms with E-state index in [0.717, 1.165) is 15.4 Å². The van der Waals surface area contributed by atoms with E-state index >= 15 is 0 Å². The number of benzene rings is 2. The molecule has 0 saturated carbocycles. The zero-order valence-corrected chi connectivity index (χ0v) is 19.2. The highest BCUT2D eigenvalue weighted by atomic mass is 32.2. The van der Waals surface area contributed by atoms with E-state index in [-0.39, 0.29) is 12.4 Å². The van der Waals surface area contributed by atoms with Gasteiger partial charge in [-0.05, 0) is 30.4 Å². The normalized spacial score (nSPS) is 22.3. The highest BCUT2D eigenvalue weighted by molar-refractivity contribution is 7.89. The van der Waals surface area contributed by atoms with Gasteiger partial charge in [0.15, 0.2) is 0 Å². The number of hydrogen-bond acceptors (Lipinski definition) is 5. The summed E-state index contributed by atoms with van der Waals surface area (Å²) in [6.45, 7) is 4.19. The standard InChI is InChI=1S/C25H28N2O5S/c1-2-9-21-23-22(14-16-26(23)25(29)32-18-20-12-7-4-8-13-20)27(24(21)28)33(30,31)17-15-19-10-5-3-6-11-19/h2-8,10-13,21-23H,1,9,14-18H2/t21-,22+,23-/m1/s1. The summed E-state index contributed by atoms with van der Waals surface area (Å²) < 4.78 is 33.0. The molecule has 2 saturated heterocycles. The third-order valence-corrected chi connectivity index (χ3v) is 8.09. The second kappa shape index (κ2) is 9.79. The molecule has 174 valence electrons. The number of sulfonamides is 1. The SMILES string of the molecule is C=CC[C@H]1C(=O)N(S(=O)(=O)CCc2ccccc2)[C@H]2CCN(C(=O)OCc3ccccc3)[C@H]12. The van der Waals surface area contributed by atoms with Crippen molar-refractivity contribution in [2.75, 3.05) is 12.3 Å². The summed E-state index contributed by atoms with van der Waals surface area (Å²) in [5.74, 6) is -1.27. The lowest BCUT2D eigenvalue weighted by molar-refractivity contribution is -0.128. The fourth-order valence-corrected chi connectivity index (χ4v) is 6.52. The first-order valence-electron chi connectivity index (χ1n) is 11.1. The predicted molar refractivity (Wildman–Crippen MR) is 125 cm³/mol. The summed E-state index contributed by atoms with van der Waals surface area (Å²) >= 11 is 0. The van der Waals surface area contributed by atoms with E-state index in [4.69, 9.17) is 4.74 Å². The van der Waals surface area contributed by atoms with Crippen molar-refractivity contribution in [3.05, 3.63) is 84.4 Å². The largest absolute Gasteiger partial charge is 0.445 e. The Balaban J connectivity index is 1.50. The van der Waals surface area contributed by atoms with E-state index in [2.05, 4.69) is 6.58 Å². The Bertz CT molecular complexity index is 1100. The lowest BCUT2D eigenvalue weighted by Gasteiger charge is -2.26. The average Bonchev–Trinajstić information content (AvgIpc) is 3.36. The molecule has 8 heteroatoms. The van der Waals surface area contributed by atoms with E-state index in [1.807, 2.05) is 60.7 Å². The van der Waals surface area contributed by atoms with Gasteiger partial charge in [0.25, 0.3) is 0 Å². The molecule has 0 aliphatic carbocycles. The molecule has 0 spiro atoms. The first-order chi connectivity index (χ1) is 15.9. The van der Waals surface area contributed by atoms with Crippen LogP contribution in [-0.2, 0) is 32.6 Å². The lowest BCUT2D eigenvalue weighted by atomic mass is 9.96. The van der Waals surface area contributed by atoms with Crippen LogP contribution in [0.1, 0.15) is 24.0 Å². The molecule has 2 aliphatic heterocycles. The summed E-state index contributed by atoms with van der Waals surface area (Å²) in [4.78, 5) is 27.6. The Morgan fingerprint density at radius 2 is 1.70 bits per heavy atom. The van der Waals surface area contributed by atoms with Crippen LogP contribution in [0.2, 0.25) is 0 Å². The molecule has 2 aromatic rings. The van der Waals surface area contributed by atoms with E-state index in [1.54, 1.807) is 6.08 Å². The second-order valence-corrected chi connectivity index (χ2v) is 10.4. The first kappa shape index (κ1) is 23.0. The number of hydrogen-bond donors (Lipinski definition) is 0. The van der Waals surface area contributed by atoms with Gasteiger partial charge in [0.05, 0.1) is 23.8 Å². The van der Waals surface area contributed by atoms with Crippen LogP contribution >= 0.6 is 0 Å². The van der Waals surface area contributed by atoms with Gasteiger partial charge in [0, 0.05) is 6.54 Å². The van der Waals surface area contributed by atoms with Gasteiger partial charge in [-0.3, -0.25) is 4.79 Å². The topological polar surface area (TPSA) is 84.0 Å². The van der Waals surface area contributed by atoms with E-state index in [9.17, 15) is 18.0 Å². The third kappa shape index (κ3) is 4.80. The van der Waals surface area contributed by atoms with Crippen molar-refractivity contribution in [1.82, 2.24) is 9.21 Å². The molecule has 3 atom stereocenters. The Hall–Kier alpha value is -3.13. The number of likely N-dealkylation sites (tertiary alicyclic amines) is 1. The number of rotatable bonds is 8. The van der Waals surface area contributed by atoms with Crippen molar-refractivity contribution in [3.63, 3.8) is 0 Å². The average molecular weight is 469 g/mol. The van der Waals surface area contributed by atoms with Crippen LogP contribution in [0.25, 0.3) is 0 Å². The van der Waals surface area contributed by atoms with Gasteiger partial charge in [-0.15, -0.1) is 6.58 Å². The zero-order chi connectivity index (χ0) is 23.4. The van der Waals surface area contributed by atoms with E-state index in [1.165, 1.54) is 4.90 Å². The number of carbonyl (C=O) groups excluding carboxylic acids is 2. The van der Waals surface area contributed by atoms with Crippen molar-refractivity contribution in [3.8, 4) is 0 Å². The van der Waals surface area contributed by atoms with Gasteiger partial charge >= 0.3 is 6.09 Å². The molecule has 33 heavy (non-hydrogen) atoms. The summed E-state index contributed by atoms with van der Waals surface area (Å²) in [6, 6.07) is 17.5. The number of carbonyl (C=O) groups is 2. The Kier molecular flexibility index (Phi) is 6.83. The minimum absolute atomic E-state index is 0.118. The maximum Gasteiger partial charge on any atom is 0.410 e. The fraction of sp³-hybridized carbons (Fsp3) is 0.360. The maximum atomic E-state index is 13.2. The van der Waals surface area contributed by atoms with Crippen LogP contribution in [0, 0.1) is 5.92 Å². The number of nitrogens with zero attached hydrogens (tertiary/aromatic N) is 2. The molecule has 2 heterocycles. The van der Waals surface area contributed by atoms with E-state index in [0.29, 0.717) is 25.8 Å². The highest BCUT2D eigenvalue weighted by Crippen LogP contribution is 2.40. The molecule has 2 aliphatic rings. The van der Waals surface area contributed by atoms with Crippen molar-refractivity contribution >= 4 is 22.0 Å². The molecule has 2 amide bonds. The second-order valence-electron chi connectivity index (χ2n) is 8.40. The van der Waals surface area contributed by atoms with Gasteiger partial charge in [0.1, 0.15) is 6.61 Å². The molecule has 0 bridgehead atoms. The van der Waals surface area contributed by atoms with Crippen molar-refractivity contribution in [2.24, 2.45) is 5.92 Å². The van der Waals surface area contributed by atoms with Crippen LogP contribution in [0.15, 0.2) is 73.3 Å². The van der Waals surface area contributed by atoms with Gasteiger partial charge in [-0.1, -0.05) is 66.7 Å². The molecule has 7 nitrogen and oxygen atoms in total. The first-order valence-corrected chi connectivity index (χ1v) is 12.7. The fourth-order valence-electron chi connectivity index (χ4n) is 4.78. The Morgan fingerprint density at radius 3 is 2.33 bits per heavy atom. The zero-order valence-electron chi connectivity index (χ0n) is 18.4. The molecule has 2 aromatic carbocycles. The predicted octanol–water partition coefficient (Wildman–Crippen LogP) is 3.37. The monoisotopic (exact) mass is 468 g/mol. The van der Waals surface area contributed by atoms with Crippen LogP contribution in [0.5, 0.6) is 0 Å². The van der Waals surface area contributed by atoms with Gasteiger partial charge < -0.3 is 9.64 Å². The minimum Gasteiger partial charge on any atom is -0.445 e. The highest BCUT2D eigenvalue weighted by Gasteiger charge is 2.58. The van der Waals surface area contributed by atoms with Crippen molar-refractivity contribution in [1.29, 1.82) is 0 Å². The molecule has 2 fully saturated rings. The molecule has 0 unspecified atom stereocenters. The molecule has 4 rings (SSSR count).